The maximum atomic E-state index is 13.2. The summed E-state index contributed by atoms with van der Waals surface area (Å²) in [5.74, 6) is -0.394. The zero-order valence-corrected chi connectivity index (χ0v) is 18.9. The van der Waals surface area contributed by atoms with E-state index in [0.717, 1.165) is 17.5 Å². The number of nitrogens with one attached hydrogen (secondary N) is 1. The van der Waals surface area contributed by atoms with Crippen LogP contribution in [0, 0.1) is 0 Å². The summed E-state index contributed by atoms with van der Waals surface area (Å²) in [6.07, 6.45) is 1.40. The number of benzene rings is 3. The van der Waals surface area contributed by atoms with E-state index in [2.05, 4.69) is 12.2 Å². The third kappa shape index (κ3) is 6.40. The fraction of sp³-hybridized carbons (Fsp3) is 0.208. The van der Waals surface area contributed by atoms with Crippen LogP contribution in [0.4, 0.5) is 5.69 Å². The Morgan fingerprint density at radius 2 is 1.55 bits per heavy atom. The number of hydrogen-bond acceptors (Lipinski definition) is 3. The lowest BCUT2D eigenvalue weighted by Crippen LogP contribution is -2.39. The Kier molecular flexibility index (Phi) is 7.85. The van der Waals surface area contributed by atoms with Crippen LogP contribution in [0.15, 0.2) is 83.8 Å². The zero-order valence-electron chi connectivity index (χ0n) is 17.3. The third-order valence-electron chi connectivity index (χ3n) is 4.91. The number of rotatable bonds is 9. The first-order valence-corrected chi connectivity index (χ1v) is 11.9. The minimum atomic E-state index is -3.87. The minimum Gasteiger partial charge on any atom is -0.325 e. The summed E-state index contributed by atoms with van der Waals surface area (Å²) in [7, 11) is -3.87. The average Bonchev–Trinajstić information content (AvgIpc) is 2.78. The van der Waals surface area contributed by atoms with Gasteiger partial charge in [-0.3, -0.25) is 4.79 Å². The molecule has 0 spiro atoms. The van der Waals surface area contributed by atoms with Crippen LogP contribution in [0.25, 0.3) is 0 Å². The summed E-state index contributed by atoms with van der Waals surface area (Å²) in [5.41, 5.74) is 2.79. The van der Waals surface area contributed by atoms with Crippen molar-refractivity contribution < 1.29 is 13.2 Å². The molecule has 0 radical (unpaired) electrons. The predicted molar refractivity (Wildman–Crippen MR) is 125 cm³/mol. The van der Waals surface area contributed by atoms with Gasteiger partial charge in [0.1, 0.15) is 0 Å². The van der Waals surface area contributed by atoms with E-state index in [-0.39, 0.29) is 18.0 Å². The van der Waals surface area contributed by atoms with Gasteiger partial charge in [-0.1, -0.05) is 61.0 Å². The number of carbonyl (C=O) groups is 1. The summed E-state index contributed by atoms with van der Waals surface area (Å²) in [5, 5.41) is 3.24. The Balaban J connectivity index is 1.78. The molecule has 3 rings (SSSR count). The molecule has 0 fully saturated rings. The van der Waals surface area contributed by atoms with Crippen molar-refractivity contribution in [3.63, 3.8) is 0 Å². The first kappa shape index (κ1) is 23.0. The fourth-order valence-electron chi connectivity index (χ4n) is 3.12. The van der Waals surface area contributed by atoms with Crippen molar-refractivity contribution in [1.82, 2.24) is 4.31 Å². The second-order valence-electron chi connectivity index (χ2n) is 7.13. The summed E-state index contributed by atoms with van der Waals surface area (Å²) in [6, 6.07) is 23.0. The second-order valence-corrected chi connectivity index (χ2v) is 9.50. The Hall–Kier alpha value is -2.67. The number of anilines is 1. The quantitative estimate of drug-likeness (QED) is 0.504. The number of nitrogens with zero attached hydrogens (tertiary/aromatic N) is 1. The average molecular weight is 457 g/mol. The van der Waals surface area contributed by atoms with E-state index in [1.807, 2.05) is 54.6 Å². The first-order chi connectivity index (χ1) is 14.9. The van der Waals surface area contributed by atoms with Gasteiger partial charge in [0.05, 0.1) is 11.4 Å². The molecule has 0 aromatic heterocycles. The van der Waals surface area contributed by atoms with Gasteiger partial charge in [-0.2, -0.15) is 4.31 Å². The molecule has 0 aliphatic heterocycles. The normalized spacial score (nSPS) is 11.5. The lowest BCUT2D eigenvalue weighted by atomic mass is 10.1. The monoisotopic (exact) mass is 456 g/mol. The van der Waals surface area contributed by atoms with Crippen LogP contribution in [0.1, 0.15) is 18.1 Å². The molecule has 31 heavy (non-hydrogen) atoms. The van der Waals surface area contributed by atoms with Crippen LogP contribution in [0.3, 0.4) is 0 Å². The van der Waals surface area contributed by atoms with E-state index in [1.54, 1.807) is 0 Å². The lowest BCUT2D eigenvalue weighted by Gasteiger charge is -2.22. The van der Waals surface area contributed by atoms with Crippen molar-refractivity contribution in [3.8, 4) is 0 Å². The van der Waals surface area contributed by atoms with Gasteiger partial charge < -0.3 is 5.32 Å². The van der Waals surface area contributed by atoms with Gasteiger partial charge >= 0.3 is 0 Å². The van der Waals surface area contributed by atoms with E-state index in [4.69, 9.17) is 11.6 Å². The number of hydrogen-bond donors (Lipinski definition) is 1. The Morgan fingerprint density at radius 1 is 0.903 bits per heavy atom. The largest absolute Gasteiger partial charge is 0.325 e. The molecule has 0 saturated heterocycles. The highest BCUT2D eigenvalue weighted by Crippen LogP contribution is 2.19. The fourth-order valence-corrected chi connectivity index (χ4v) is 4.65. The maximum Gasteiger partial charge on any atom is 0.243 e. The van der Waals surface area contributed by atoms with Crippen molar-refractivity contribution in [1.29, 1.82) is 0 Å². The molecule has 0 saturated carbocycles. The molecule has 3 aromatic carbocycles. The molecular formula is C24H25ClN2O3S. The van der Waals surface area contributed by atoms with Gasteiger partial charge in [0, 0.05) is 17.3 Å². The summed E-state index contributed by atoms with van der Waals surface area (Å²) in [4.78, 5) is 12.8. The Bertz CT molecular complexity index is 1100. The van der Waals surface area contributed by atoms with Crippen molar-refractivity contribution in [2.24, 2.45) is 0 Å². The highest BCUT2D eigenvalue weighted by Gasteiger charge is 2.26. The van der Waals surface area contributed by atoms with Crippen LogP contribution in [-0.4, -0.2) is 31.7 Å². The minimum absolute atomic E-state index is 0.102. The molecule has 7 heteroatoms. The zero-order chi connectivity index (χ0) is 22.3. The molecule has 3 aromatic rings. The highest BCUT2D eigenvalue weighted by molar-refractivity contribution is 7.89. The molecule has 0 heterocycles. The molecular weight excluding hydrogens is 432 g/mol. The Labute approximate surface area is 188 Å². The first-order valence-electron chi connectivity index (χ1n) is 10.1. The highest BCUT2D eigenvalue weighted by atomic mass is 35.5. The van der Waals surface area contributed by atoms with Crippen molar-refractivity contribution in [2.45, 2.75) is 24.7 Å². The SMILES string of the molecule is CCc1ccc(NC(=O)CN(CCc2ccccc2)S(=O)(=O)c2ccc(Cl)cc2)cc1. The van der Waals surface area contributed by atoms with Crippen LogP contribution in [-0.2, 0) is 27.7 Å². The molecule has 0 aliphatic carbocycles. The standard InChI is InChI=1S/C24H25ClN2O3S/c1-2-19-8-12-22(13-9-19)26-24(28)18-27(17-16-20-6-4-3-5-7-20)31(29,30)23-14-10-21(25)11-15-23/h3-15H,2,16-18H2,1H3,(H,26,28). The number of aryl methyl sites for hydroxylation is 1. The van der Waals surface area contributed by atoms with Crippen molar-refractivity contribution in [3.05, 3.63) is 95.0 Å². The van der Waals surface area contributed by atoms with Gasteiger partial charge in [-0.05, 0) is 60.4 Å². The molecule has 0 unspecified atom stereocenters. The third-order valence-corrected chi connectivity index (χ3v) is 7.02. The number of carbonyl (C=O) groups excluding carboxylic acids is 1. The van der Waals surface area contributed by atoms with Crippen LogP contribution in [0.5, 0.6) is 0 Å². The maximum absolute atomic E-state index is 13.2. The van der Waals surface area contributed by atoms with Crippen molar-refractivity contribution in [2.75, 3.05) is 18.4 Å². The summed E-state index contributed by atoms with van der Waals surface area (Å²) < 4.78 is 27.7. The lowest BCUT2D eigenvalue weighted by molar-refractivity contribution is -0.116. The van der Waals surface area contributed by atoms with Crippen LogP contribution in [0.2, 0.25) is 5.02 Å². The topological polar surface area (TPSA) is 66.5 Å². The Morgan fingerprint density at radius 3 is 2.16 bits per heavy atom. The smallest absolute Gasteiger partial charge is 0.243 e. The molecule has 0 bridgehead atoms. The molecule has 0 atom stereocenters. The molecule has 162 valence electrons. The predicted octanol–water partition coefficient (Wildman–Crippen LogP) is 4.77. The van der Waals surface area contributed by atoms with E-state index in [9.17, 15) is 13.2 Å². The second kappa shape index (κ2) is 10.6. The van der Waals surface area contributed by atoms with Gasteiger partial charge in [-0.15, -0.1) is 0 Å². The molecule has 1 amide bonds. The van der Waals surface area contributed by atoms with Gasteiger partial charge in [-0.25, -0.2) is 8.42 Å². The van der Waals surface area contributed by atoms with Gasteiger partial charge in [0.15, 0.2) is 0 Å². The molecule has 0 aliphatic rings. The van der Waals surface area contributed by atoms with Crippen LogP contribution >= 0.6 is 11.6 Å². The van der Waals surface area contributed by atoms with E-state index < -0.39 is 15.9 Å². The van der Waals surface area contributed by atoms with Crippen molar-refractivity contribution >= 4 is 33.2 Å². The summed E-state index contributed by atoms with van der Waals surface area (Å²) >= 11 is 5.91. The van der Waals surface area contributed by atoms with E-state index in [1.165, 1.54) is 28.6 Å². The number of amides is 1. The van der Waals surface area contributed by atoms with Gasteiger partial charge in [0.25, 0.3) is 0 Å². The summed E-state index contributed by atoms with van der Waals surface area (Å²) in [6.45, 7) is 1.95. The van der Waals surface area contributed by atoms with Crippen LogP contribution < -0.4 is 5.32 Å². The molecule has 5 nitrogen and oxygen atoms in total. The molecule has 1 N–H and O–H groups in total. The number of halogens is 1. The van der Waals surface area contributed by atoms with E-state index >= 15 is 0 Å². The number of sulfonamides is 1. The van der Waals surface area contributed by atoms with Gasteiger partial charge in [0.2, 0.25) is 15.9 Å². The van der Waals surface area contributed by atoms with E-state index in [0.29, 0.717) is 17.1 Å².